The molecule has 0 aliphatic carbocycles. The fourth-order valence-electron chi connectivity index (χ4n) is 2.67. The van der Waals surface area contributed by atoms with Crippen LogP contribution in [0.15, 0.2) is 49.1 Å². The van der Waals surface area contributed by atoms with Crippen molar-refractivity contribution in [3.63, 3.8) is 0 Å². The molecule has 0 N–H and O–H groups in total. The summed E-state index contributed by atoms with van der Waals surface area (Å²) < 4.78 is 0. The number of hydrogen-bond acceptors (Lipinski definition) is 0. The van der Waals surface area contributed by atoms with E-state index in [1.165, 1.54) is 27.8 Å². The molecule has 0 bridgehead atoms. The van der Waals surface area contributed by atoms with Gasteiger partial charge in [0.25, 0.3) is 0 Å². The molecule has 0 radical (unpaired) electrons. The van der Waals surface area contributed by atoms with E-state index in [0.717, 1.165) is 5.57 Å². The van der Waals surface area contributed by atoms with Gasteiger partial charge in [-0.3, -0.25) is 0 Å². The van der Waals surface area contributed by atoms with Crippen molar-refractivity contribution in [1.29, 1.82) is 0 Å². The average Bonchev–Trinajstić information content (AvgIpc) is 2.48. The molecule has 0 unspecified atom stereocenters. The van der Waals surface area contributed by atoms with Crippen LogP contribution < -0.4 is 0 Å². The van der Waals surface area contributed by atoms with Crippen LogP contribution in [0.25, 0.3) is 17.2 Å². The van der Waals surface area contributed by atoms with E-state index in [2.05, 4.69) is 92.8 Å². The monoisotopic (exact) mass is 322 g/mol. The van der Waals surface area contributed by atoms with E-state index in [1.54, 1.807) is 0 Å². The molecule has 24 heavy (non-hydrogen) atoms. The van der Waals surface area contributed by atoms with Crippen molar-refractivity contribution in [3.8, 4) is 0 Å². The van der Waals surface area contributed by atoms with Crippen LogP contribution in [0.5, 0.6) is 0 Å². The summed E-state index contributed by atoms with van der Waals surface area (Å²) in [6.07, 6.45) is 6.00. The molecular formula is C24H34. The first-order valence-electron chi connectivity index (χ1n) is 8.71. The van der Waals surface area contributed by atoms with Crippen molar-refractivity contribution in [2.45, 2.75) is 55.4 Å². The fraction of sp³-hybridized carbons (Fsp3) is 0.417. The Bertz CT molecular complexity index is 680. The van der Waals surface area contributed by atoms with Crippen molar-refractivity contribution < 1.29 is 0 Å². The second-order valence-electron chi connectivity index (χ2n) is 8.59. The van der Waals surface area contributed by atoms with Crippen LogP contribution in [0.2, 0.25) is 0 Å². The van der Waals surface area contributed by atoms with Crippen LogP contribution in [-0.2, 0) is 0 Å². The van der Waals surface area contributed by atoms with Crippen LogP contribution >= 0.6 is 0 Å². The lowest BCUT2D eigenvalue weighted by Crippen LogP contribution is -2.11. The van der Waals surface area contributed by atoms with Gasteiger partial charge in [-0.05, 0) is 52.5 Å². The molecule has 1 rings (SSSR count). The number of rotatable bonds is 4. The van der Waals surface area contributed by atoms with Gasteiger partial charge in [0.05, 0.1) is 0 Å². The van der Waals surface area contributed by atoms with E-state index in [0.29, 0.717) is 0 Å². The van der Waals surface area contributed by atoms with Crippen molar-refractivity contribution in [2.24, 2.45) is 10.8 Å². The molecule has 1 aromatic rings. The highest BCUT2D eigenvalue weighted by Gasteiger charge is 2.22. The molecule has 0 aliphatic heterocycles. The lowest BCUT2D eigenvalue weighted by molar-refractivity contribution is 0.505. The lowest BCUT2D eigenvalue weighted by atomic mass is 9.78. The van der Waals surface area contributed by atoms with Crippen molar-refractivity contribution in [2.75, 3.05) is 0 Å². The summed E-state index contributed by atoms with van der Waals surface area (Å²) in [5.41, 5.74) is 7.84. The van der Waals surface area contributed by atoms with Gasteiger partial charge in [0.1, 0.15) is 0 Å². The summed E-state index contributed by atoms with van der Waals surface area (Å²) in [6, 6.07) is 6.54. The molecule has 0 saturated carbocycles. The van der Waals surface area contributed by atoms with E-state index < -0.39 is 0 Å². The predicted octanol–water partition coefficient (Wildman–Crippen LogP) is 7.78. The van der Waals surface area contributed by atoms with Crippen LogP contribution in [0.4, 0.5) is 0 Å². The molecule has 0 amide bonds. The van der Waals surface area contributed by atoms with Crippen molar-refractivity contribution in [1.82, 2.24) is 0 Å². The molecule has 0 heteroatoms. The summed E-state index contributed by atoms with van der Waals surface area (Å²) in [5, 5.41) is 0. The summed E-state index contributed by atoms with van der Waals surface area (Å²) in [7, 11) is 0. The molecule has 0 aromatic heterocycles. The van der Waals surface area contributed by atoms with Gasteiger partial charge in [0.2, 0.25) is 0 Å². The van der Waals surface area contributed by atoms with E-state index in [4.69, 9.17) is 0 Å². The van der Waals surface area contributed by atoms with Crippen LogP contribution in [0, 0.1) is 10.8 Å². The Balaban J connectivity index is 3.73. The maximum absolute atomic E-state index is 4.38. The van der Waals surface area contributed by atoms with Gasteiger partial charge < -0.3 is 0 Å². The lowest BCUT2D eigenvalue weighted by Gasteiger charge is -2.27. The molecule has 0 aliphatic rings. The highest BCUT2D eigenvalue weighted by molar-refractivity contribution is 5.84. The summed E-state index contributed by atoms with van der Waals surface area (Å²) in [5.74, 6) is 0. The van der Waals surface area contributed by atoms with Gasteiger partial charge in [0.15, 0.2) is 0 Å². The van der Waals surface area contributed by atoms with E-state index in [9.17, 15) is 0 Å². The van der Waals surface area contributed by atoms with Gasteiger partial charge >= 0.3 is 0 Å². The van der Waals surface area contributed by atoms with Gasteiger partial charge in [0, 0.05) is 0 Å². The van der Waals surface area contributed by atoms with Crippen LogP contribution in [0.3, 0.4) is 0 Å². The maximum atomic E-state index is 4.38. The van der Waals surface area contributed by atoms with Crippen molar-refractivity contribution in [3.05, 3.63) is 65.8 Å². The predicted molar refractivity (Wildman–Crippen MR) is 112 cm³/mol. The minimum absolute atomic E-state index is 0.0338. The second kappa shape index (κ2) is 7.38. The average molecular weight is 323 g/mol. The minimum Gasteiger partial charge on any atom is -0.0991 e. The first kappa shape index (κ1) is 20.2. The molecule has 0 heterocycles. The third kappa shape index (κ3) is 4.60. The molecule has 0 saturated heterocycles. The largest absolute Gasteiger partial charge is 0.0991 e. The van der Waals surface area contributed by atoms with Gasteiger partial charge in [-0.1, -0.05) is 96.7 Å². The maximum Gasteiger partial charge on any atom is -0.0106 e. The van der Waals surface area contributed by atoms with Crippen LogP contribution in [0.1, 0.15) is 72.1 Å². The van der Waals surface area contributed by atoms with Crippen LogP contribution in [-0.4, -0.2) is 0 Å². The number of benzene rings is 1. The molecule has 0 fully saturated rings. The zero-order valence-electron chi connectivity index (χ0n) is 16.9. The highest BCUT2D eigenvalue weighted by Crippen LogP contribution is 2.39. The zero-order chi connectivity index (χ0) is 18.7. The zero-order valence-corrected chi connectivity index (χ0v) is 16.9. The first-order chi connectivity index (χ1) is 10.9. The molecule has 130 valence electrons. The van der Waals surface area contributed by atoms with E-state index >= 15 is 0 Å². The quantitative estimate of drug-likeness (QED) is 0.496. The minimum atomic E-state index is 0.0338. The molecule has 0 atom stereocenters. The smallest absolute Gasteiger partial charge is 0.0106 e. The standard InChI is InChI=1S/C24H34/c1-11-12-14-22-20(17(2)18(3)23(5,6)7)15-13-16-21(22)19(4)24(8,9)10/h11-16H,1,4H2,2-3,5-10H3/b14-12-,18-17+. The number of allylic oxidation sites excluding steroid dienone is 5. The van der Waals surface area contributed by atoms with Gasteiger partial charge in [-0.15, -0.1) is 0 Å². The topological polar surface area (TPSA) is 0 Å². The van der Waals surface area contributed by atoms with E-state index in [-0.39, 0.29) is 10.8 Å². The Labute approximate surface area is 149 Å². The Morgan fingerprint density at radius 1 is 0.917 bits per heavy atom. The molecule has 0 nitrogen and oxygen atoms in total. The molecular weight excluding hydrogens is 288 g/mol. The summed E-state index contributed by atoms with van der Waals surface area (Å²) >= 11 is 0. The fourth-order valence-corrected chi connectivity index (χ4v) is 2.67. The SMILES string of the molecule is C=C/C=C\c1c(C(=C)C(C)(C)C)cccc1/C(C)=C(\C)C(C)(C)C. The Morgan fingerprint density at radius 3 is 1.92 bits per heavy atom. The normalized spacial score (nSPS) is 13.8. The third-order valence-electron chi connectivity index (χ3n) is 4.83. The van der Waals surface area contributed by atoms with E-state index in [1.807, 2.05) is 12.2 Å². The van der Waals surface area contributed by atoms with Gasteiger partial charge in [-0.2, -0.15) is 0 Å². The number of hydrogen-bond donors (Lipinski definition) is 0. The Kier molecular flexibility index (Phi) is 6.22. The summed E-state index contributed by atoms with van der Waals surface area (Å²) in [6.45, 7) is 26.1. The summed E-state index contributed by atoms with van der Waals surface area (Å²) in [4.78, 5) is 0. The second-order valence-corrected chi connectivity index (χ2v) is 8.59. The van der Waals surface area contributed by atoms with Crippen molar-refractivity contribution >= 4 is 17.2 Å². The Morgan fingerprint density at radius 2 is 1.46 bits per heavy atom. The molecule has 1 aromatic carbocycles. The molecule has 0 spiro atoms. The first-order valence-corrected chi connectivity index (χ1v) is 8.71. The Hall–Kier alpha value is -1.82. The highest BCUT2D eigenvalue weighted by atomic mass is 14.3. The third-order valence-corrected chi connectivity index (χ3v) is 4.83. The van der Waals surface area contributed by atoms with Gasteiger partial charge in [-0.25, -0.2) is 0 Å².